The number of carbonyl (C=O) groups is 2. The van der Waals surface area contributed by atoms with Crippen LogP contribution < -0.4 is 0 Å². The van der Waals surface area contributed by atoms with Gasteiger partial charge in [0.2, 0.25) is 0 Å². The lowest BCUT2D eigenvalue weighted by Gasteiger charge is -2.29. The maximum Gasteiger partial charge on any atom is 0.331 e. The van der Waals surface area contributed by atoms with E-state index >= 15 is 0 Å². The lowest BCUT2D eigenvalue weighted by Crippen LogP contribution is -2.33. The van der Waals surface area contributed by atoms with Crippen molar-refractivity contribution in [2.24, 2.45) is 5.41 Å². The van der Waals surface area contributed by atoms with Crippen LogP contribution >= 0.6 is 15.9 Å². The average Bonchev–Trinajstić information content (AvgIpc) is 2.25. The van der Waals surface area contributed by atoms with E-state index in [4.69, 9.17) is 5.11 Å². The van der Waals surface area contributed by atoms with E-state index in [1.165, 1.54) is 6.08 Å². The van der Waals surface area contributed by atoms with Gasteiger partial charge in [0.1, 0.15) is 0 Å². The number of alkyl halides is 1. The molecule has 1 rings (SSSR count). The van der Waals surface area contributed by atoms with Crippen molar-refractivity contribution in [3.63, 3.8) is 0 Å². The van der Waals surface area contributed by atoms with Gasteiger partial charge in [-0.15, -0.1) is 0 Å². The van der Waals surface area contributed by atoms with Crippen LogP contribution in [0.25, 0.3) is 0 Å². The highest BCUT2D eigenvalue weighted by Crippen LogP contribution is 2.38. The van der Waals surface area contributed by atoms with Gasteiger partial charge in [-0.2, -0.15) is 0 Å². The molecule has 1 atom stereocenters. The number of hydrogen-bond donors (Lipinski definition) is 2. The molecule has 2 N–H and O–H groups in total. The van der Waals surface area contributed by atoms with Gasteiger partial charge in [0.25, 0.3) is 0 Å². The van der Waals surface area contributed by atoms with Gasteiger partial charge in [-0.1, -0.05) is 27.6 Å². The predicted molar refractivity (Wildman–Crippen MR) is 67.2 cm³/mol. The molecule has 1 unspecified atom stereocenters. The summed E-state index contributed by atoms with van der Waals surface area (Å²) in [7, 11) is 0. The largest absolute Gasteiger partial charge is 0.481 e. The van der Waals surface area contributed by atoms with Crippen LogP contribution in [0.15, 0.2) is 23.3 Å². The Labute approximate surface area is 108 Å². The maximum absolute atomic E-state index is 11.4. The van der Waals surface area contributed by atoms with Gasteiger partial charge < -0.3 is 10.2 Å². The molecule has 0 spiro atoms. The van der Waals surface area contributed by atoms with Crippen LogP contribution in [0.5, 0.6) is 0 Å². The molecule has 17 heavy (non-hydrogen) atoms. The Kier molecular flexibility index (Phi) is 4.51. The summed E-state index contributed by atoms with van der Waals surface area (Å²) in [5.41, 5.74) is -0.201. The van der Waals surface area contributed by atoms with Gasteiger partial charge in [-0.05, 0) is 32.3 Å². The number of allylic oxidation sites excluding steroid dienone is 2. The molecule has 0 saturated heterocycles. The Bertz CT molecular complexity index is 397. The molecular formula is C12H15BrO4. The third kappa shape index (κ3) is 3.19. The Hall–Kier alpha value is -1.10. The molecule has 0 bridgehead atoms. The average molecular weight is 303 g/mol. The van der Waals surface area contributed by atoms with Crippen LogP contribution in [0.3, 0.4) is 0 Å². The number of carboxylic acid groups (broad SMARTS) is 2. The molecule has 0 amide bonds. The van der Waals surface area contributed by atoms with Crippen molar-refractivity contribution in [3.05, 3.63) is 23.3 Å². The fraction of sp³-hybridized carbons (Fsp3) is 0.500. The zero-order valence-corrected chi connectivity index (χ0v) is 11.2. The van der Waals surface area contributed by atoms with Crippen molar-refractivity contribution in [3.8, 4) is 0 Å². The molecule has 0 heterocycles. The van der Waals surface area contributed by atoms with E-state index in [9.17, 15) is 14.7 Å². The molecule has 0 radical (unpaired) electrons. The minimum atomic E-state index is -1.07. The van der Waals surface area contributed by atoms with Crippen LogP contribution in [-0.2, 0) is 9.59 Å². The predicted octanol–water partition coefficient (Wildman–Crippen LogP) is 2.59. The zero-order valence-electron chi connectivity index (χ0n) is 9.57. The second-order valence-electron chi connectivity index (χ2n) is 4.29. The number of hydrogen-bond acceptors (Lipinski definition) is 2. The number of halogens is 1. The SMILES string of the molecule is CC1=CC(CCCBr)(C(=O)O)CC(C(=O)O)=C1. The smallest absolute Gasteiger partial charge is 0.331 e. The fourth-order valence-electron chi connectivity index (χ4n) is 2.12. The van der Waals surface area contributed by atoms with Crippen molar-refractivity contribution in [2.75, 3.05) is 5.33 Å². The summed E-state index contributed by atoms with van der Waals surface area (Å²) in [4.78, 5) is 22.4. The monoisotopic (exact) mass is 302 g/mol. The standard InChI is InChI=1S/C12H15BrO4/c1-8-5-9(10(14)15)7-12(6-8,11(16)17)3-2-4-13/h5-6H,2-4,7H2,1H3,(H,14,15)(H,16,17). The van der Waals surface area contributed by atoms with Crippen molar-refractivity contribution >= 4 is 27.9 Å². The van der Waals surface area contributed by atoms with Gasteiger partial charge in [0.05, 0.1) is 5.41 Å². The third-order valence-electron chi connectivity index (χ3n) is 2.87. The molecule has 0 aromatic carbocycles. The lowest BCUT2D eigenvalue weighted by atomic mass is 9.73. The Balaban J connectivity index is 3.05. The van der Waals surface area contributed by atoms with Crippen LogP contribution in [0.4, 0.5) is 0 Å². The van der Waals surface area contributed by atoms with E-state index in [1.54, 1.807) is 13.0 Å². The fourth-order valence-corrected chi connectivity index (χ4v) is 2.40. The van der Waals surface area contributed by atoms with Crippen molar-refractivity contribution in [1.29, 1.82) is 0 Å². The zero-order chi connectivity index (χ0) is 13.1. The summed E-state index contributed by atoms with van der Waals surface area (Å²) in [6.07, 6.45) is 4.41. The molecule has 1 aliphatic rings. The van der Waals surface area contributed by atoms with E-state index in [1.807, 2.05) is 0 Å². The molecule has 0 saturated carbocycles. The van der Waals surface area contributed by atoms with E-state index in [0.717, 1.165) is 0 Å². The Morgan fingerprint density at radius 2 is 2.12 bits per heavy atom. The Morgan fingerprint density at radius 3 is 2.59 bits per heavy atom. The topological polar surface area (TPSA) is 74.6 Å². The first-order valence-electron chi connectivity index (χ1n) is 5.34. The summed E-state index contributed by atoms with van der Waals surface area (Å²) in [6, 6.07) is 0. The summed E-state index contributed by atoms with van der Waals surface area (Å²) in [5, 5.41) is 19.1. The first-order chi connectivity index (χ1) is 7.91. The first-order valence-corrected chi connectivity index (χ1v) is 6.46. The van der Waals surface area contributed by atoms with E-state index < -0.39 is 17.4 Å². The van der Waals surface area contributed by atoms with Crippen molar-refractivity contribution < 1.29 is 19.8 Å². The molecule has 0 fully saturated rings. The van der Waals surface area contributed by atoms with E-state index in [-0.39, 0.29) is 12.0 Å². The third-order valence-corrected chi connectivity index (χ3v) is 3.43. The minimum absolute atomic E-state index is 0.0575. The van der Waals surface area contributed by atoms with Gasteiger partial charge in [-0.3, -0.25) is 4.79 Å². The van der Waals surface area contributed by atoms with E-state index in [2.05, 4.69) is 15.9 Å². The highest BCUT2D eigenvalue weighted by molar-refractivity contribution is 9.09. The van der Waals surface area contributed by atoms with Crippen LogP contribution in [-0.4, -0.2) is 27.5 Å². The molecule has 4 nitrogen and oxygen atoms in total. The number of aliphatic carboxylic acids is 2. The molecular weight excluding hydrogens is 288 g/mol. The minimum Gasteiger partial charge on any atom is -0.481 e. The number of carboxylic acids is 2. The van der Waals surface area contributed by atoms with E-state index in [0.29, 0.717) is 23.7 Å². The quantitative estimate of drug-likeness (QED) is 0.766. The molecule has 0 aromatic heterocycles. The van der Waals surface area contributed by atoms with Gasteiger partial charge in [0, 0.05) is 10.9 Å². The second-order valence-corrected chi connectivity index (χ2v) is 5.09. The van der Waals surface area contributed by atoms with Gasteiger partial charge in [0.15, 0.2) is 0 Å². The normalized spacial score (nSPS) is 23.9. The van der Waals surface area contributed by atoms with Crippen molar-refractivity contribution in [1.82, 2.24) is 0 Å². The highest BCUT2D eigenvalue weighted by Gasteiger charge is 2.39. The van der Waals surface area contributed by atoms with Crippen LogP contribution in [0.1, 0.15) is 26.2 Å². The molecule has 5 heteroatoms. The summed E-state index contributed by atoms with van der Waals surface area (Å²) in [6.45, 7) is 1.73. The maximum atomic E-state index is 11.4. The van der Waals surface area contributed by atoms with Crippen LogP contribution in [0.2, 0.25) is 0 Å². The Morgan fingerprint density at radius 1 is 1.47 bits per heavy atom. The summed E-state index contributed by atoms with van der Waals surface area (Å²) < 4.78 is 0. The van der Waals surface area contributed by atoms with Gasteiger partial charge in [-0.25, -0.2) is 4.79 Å². The molecule has 0 aromatic rings. The first kappa shape index (κ1) is 14.0. The molecule has 94 valence electrons. The van der Waals surface area contributed by atoms with Crippen molar-refractivity contribution in [2.45, 2.75) is 26.2 Å². The molecule has 1 aliphatic carbocycles. The number of rotatable bonds is 5. The summed E-state index contributed by atoms with van der Waals surface area (Å²) >= 11 is 3.26. The van der Waals surface area contributed by atoms with Gasteiger partial charge >= 0.3 is 11.9 Å². The lowest BCUT2D eigenvalue weighted by molar-refractivity contribution is -0.146. The highest BCUT2D eigenvalue weighted by atomic mass is 79.9. The van der Waals surface area contributed by atoms with Crippen LogP contribution in [0, 0.1) is 5.41 Å². The molecule has 0 aliphatic heterocycles. The second kappa shape index (κ2) is 5.49. The summed E-state index contributed by atoms with van der Waals surface area (Å²) in [5.74, 6) is -1.99.